The normalized spacial score (nSPS) is 10.8. The fourth-order valence-corrected chi connectivity index (χ4v) is 2.19. The second kappa shape index (κ2) is 6.14. The van der Waals surface area contributed by atoms with Crippen molar-refractivity contribution in [3.05, 3.63) is 58.7 Å². The summed E-state index contributed by atoms with van der Waals surface area (Å²) in [6.45, 7) is 7.10. The van der Waals surface area contributed by atoms with Crippen molar-refractivity contribution < 1.29 is 8.78 Å². The zero-order chi connectivity index (χ0) is 14.7. The molecule has 0 aliphatic rings. The van der Waals surface area contributed by atoms with Crippen molar-refractivity contribution in [3.8, 4) is 11.1 Å². The van der Waals surface area contributed by atoms with Gasteiger partial charge in [-0.2, -0.15) is 0 Å². The second-order valence-electron chi connectivity index (χ2n) is 4.99. The van der Waals surface area contributed by atoms with E-state index in [1.54, 1.807) is 19.1 Å². The Bertz CT molecular complexity index is 621. The Balaban J connectivity index is 2.49. The number of hydrogen-bond acceptors (Lipinski definition) is 1. The van der Waals surface area contributed by atoms with Crippen molar-refractivity contribution in [2.45, 2.75) is 27.3 Å². The number of hydrogen-bond donors (Lipinski definition) is 1. The van der Waals surface area contributed by atoms with E-state index in [0.717, 1.165) is 29.8 Å². The van der Waals surface area contributed by atoms with Crippen LogP contribution in [0.5, 0.6) is 0 Å². The van der Waals surface area contributed by atoms with E-state index in [1.165, 1.54) is 0 Å². The maximum atomic E-state index is 14.1. The van der Waals surface area contributed by atoms with E-state index in [-0.39, 0.29) is 0 Å². The third kappa shape index (κ3) is 2.88. The van der Waals surface area contributed by atoms with Gasteiger partial charge in [0.05, 0.1) is 0 Å². The van der Waals surface area contributed by atoms with Crippen molar-refractivity contribution in [3.63, 3.8) is 0 Å². The summed E-state index contributed by atoms with van der Waals surface area (Å²) in [5.41, 5.74) is 3.40. The molecule has 2 rings (SSSR count). The Hall–Kier alpha value is -1.74. The van der Waals surface area contributed by atoms with Gasteiger partial charge in [-0.05, 0) is 48.7 Å². The van der Waals surface area contributed by atoms with Crippen LogP contribution in [0.15, 0.2) is 30.3 Å². The summed E-state index contributed by atoms with van der Waals surface area (Å²) in [4.78, 5) is 0. The van der Waals surface area contributed by atoms with E-state index in [9.17, 15) is 8.78 Å². The SMILES string of the molecule is CCNCc1ccc(C)c(-c2ccc(C)c(F)c2F)c1. The van der Waals surface area contributed by atoms with Gasteiger partial charge >= 0.3 is 0 Å². The van der Waals surface area contributed by atoms with Crippen LogP contribution in [0.3, 0.4) is 0 Å². The first-order valence-electron chi connectivity index (χ1n) is 6.79. The first kappa shape index (κ1) is 14.7. The van der Waals surface area contributed by atoms with E-state index < -0.39 is 11.6 Å². The third-order valence-electron chi connectivity index (χ3n) is 3.45. The standard InChI is InChI=1S/C17H19F2N/c1-4-20-10-13-7-5-11(2)15(9-13)14-8-6-12(3)16(18)17(14)19/h5-9,20H,4,10H2,1-3H3. The fourth-order valence-electron chi connectivity index (χ4n) is 2.19. The number of nitrogens with one attached hydrogen (secondary N) is 1. The van der Waals surface area contributed by atoms with Crippen LogP contribution < -0.4 is 5.32 Å². The fraction of sp³-hybridized carbons (Fsp3) is 0.294. The Morgan fingerprint density at radius 2 is 1.60 bits per heavy atom. The molecule has 1 nitrogen and oxygen atoms in total. The monoisotopic (exact) mass is 275 g/mol. The van der Waals surface area contributed by atoms with Gasteiger partial charge < -0.3 is 5.32 Å². The average Bonchev–Trinajstić information content (AvgIpc) is 2.45. The minimum absolute atomic E-state index is 0.323. The Labute approximate surface area is 118 Å². The zero-order valence-corrected chi connectivity index (χ0v) is 12.1. The molecule has 3 heteroatoms. The molecule has 20 heavy (non-hydrogen) atoms. The first-order chi connectivity index (χ1) is 9.54. The molecule has 1 N–H and O–H groups in total. The molecule has 2 aromatic rings. The smallest absolute Gasteiger partial charge is 0.166 e. The van der Waals surface area contributed by atoms with Crippen LogP contribution in [0.25, 0.3) is 11.1 Å². The summed E-state index contributed by atoms with van der Waals surface area (Å²) >= 11 is 0. The second-order valence-corrected chi connectivity index (χ2v) is 4.99. The molecule has 0 radical (unpaired) electrons. The highest BCUT2D eigenvalue weighted by molar-refractivity contribution is 5.69. The van der Waals surface area contributed by atoms with Crippen LogP contribution in [-0.4, -0.2) is 6.54 Å². The number of rotatable bonds is 4. The van der Waals surface area contributed by atoms with E-state index in [0.29, 0.717) is 11.1 Å². The summed E-state index contributed by atoms with van der Waals surface area (Å²) in [6.07, 6.45) is 0. The lowest BCUT2D eigenvalue weighted by Gasteiger charge is -2.12. The summed E-state index contributed by atoms with van der Waals surface area (Å²) in [5, 5.41) is 3.23. The van der Waals surface area contributed by atoms with Crippen LogP contribution in [-0.2, 0) is 6.54 Å². The Kier molecular flexibility index (Phi) is 4.50. The highest BCUT2D eigenvalue weighted by Gasteiger charge is 2.14. The van der Waals surface area contributed by atoms with Gasteiger partial charge in [-0.1, -0.05) is 31.2 Å². The molecule has 0 aromatic heterocycles. The summed E-state index contributed by atoms with van der Waals surface area (Å²) in [7, 11) is 0. The van der Waals surface area contributed by atoms with Crippen molar-refractivity contribution in [1.82, 2.24) is 5.32 Å². The quantitative estimate of drug-likeness (QED) is 0.874. The number of aryl methyl sites for hydroxylation is 2. The lowest BCUT2D eigenvalue weighted by molar-refractivity contribution is 0.505. The molecule has 0 fully saturated rings. The van der Waals surface area contributed by atoms with Gasteiger partial charge in [0.2, 0.25) is 0 Å². The van der Waals surface area contributed by atoms with Crippen LogP contribution in [0.1, 0.15) is 23.6 Å². The van der Waals surface area contributed by atoms with Crippen LogP contribution in [0, 0.1) is 25.5 Å². The van der Waals surface area contributed by atoms with Crippen molar-refractivity contribution in [2.24, 2.45) is 0 Å². The molecule has 106 valence electrons. The highest BCUT2D eigenvalue weighted by atomic mass is 19.2. The van der Waals surface area contributed by atoms with Gasteiger partial charge in [-0.15, -0.1) is 0 Å². The minimum Gasteiger partial charge on any atom is -0.313 e. The molecule has 0 atom stereocenters. The number of benzene rings is 2. The molecule has 0 heterocycles. The first-order valence-corrected chi connectivity index (χ1v) is 6.79. The van der Waals surface area contributed by atoms with Gasteiger partial charge in [0.15, 0.2) is 11.6 Å². The van der Waals surface area contributed by atoms with E-state index in [2.05, 4.69) is 5.32 Å². The Morgan fingerprint density at radius 3 is 2.30 bits per heavy atom. The molecule has 0 aliphatic heterocycles. The van der Waals surface area contributed by atoms with E-state index in [4.69, 9.17) is 0 Å². The van der Waals surface area contributed by atoms with E-state index >= 15 is 0 Å². The predicted octanol–water partition coefficient (Wildman–Crippen LogP) is 4.36. The lowest BCUT2D eigenvalue weighted by Crippen LogP contribution is -2.11. The van der Waals surface area contributed by atoms with E-state index in [1.807, 2.05) is 32.0 Å². The minimum atomic E-state index is -0.770. The summed E-state index contributed by atoms with van der Waals surface area (Å²) in [5.74, 6) is -1.53. The molecular formula is C17H19F2N. The molecule has 0 bridgehead atoms. The van der Waals surface area contributed by atoms with Gasteiger partial charge in [-0.3, -0.25) is 0 Å². The predicted molar refractivity (Wildman–Crippen MR) is 78.6 cm³/mol. The van der Waals surface area contributed by atoms with Crippen LogP contribution in [0.4, 0.5) is 8.78 Å². The lowest BCUT2D eigenvalue weighted by atomic mass is 9.96. The highest BCUT2D eigenvalue weighted by Crippen LogP contribution is 2.29. The molecule has 0 amide bonds. The third-order valence-corrected chi connectivity index (χ3v) is 3.45. The van der Waals surface area contributed by atoms with Gasteiger partial charge in [0, 0.05) is 12.1 Å². The maximum absolute atomic E-state index is 14.1. The van der Waals surface area contributed by atoms with Gasteiger partial charge in [0.1, 0.15) is 0 Å². The topological polar surface area (TPSA) is 12.0 Å². The van der Waals surface area contributed by atoms with Crippen molar-refractivity contribution >= 4 is 0 Å². The summed E-state index contributed by atoms with van der Waals surface area (Å²) in [6, 6.07) is 9.13. The number of halogens is 2. The molecule has 0 spiro atoms. The Morgan fingerprint density at radius 1 is 0.900 bits per heavy atom. The van der Waals surface area contributed by atoms with Gasteiger partial charge in [0.25, 0.3) is 0 Å². The molecule has 0 aliphatic carbocycles. The molecule has 0 unspecified atom stereocenters. The average molecular weight is 275 g/mol. The maximum Gasteiger partial charge on any atom is 0.166 e. The largest absolute Gasteiger partial charge is 0.313 e. The molecule has 0 saturated carbocycles. The molecule has 2 aromatic carbocycles. The zero-order valence-electron chi connectivity index (χ0n) is 12.1. The van der Waals surface area contributed by atoms with Crippen molar-refractivity contribution in [2.75, 3.05) is 6.54 Å². The van der Waals surface area contributed by atoms with Crippen molar-refractivity contribution in [1.29, 1.82) is 0 Å². The summed E-state index contributed by atoms with van der Waals surface area (Å²) < 4.78 is 27.8. The van der Waals surface area contributed by atoms with Crippen LogP contribution >= 0.6 is 0 Å². The molecular weight excluding hydrogens is 256 g/mol. The van der Waals surface area contributed by atoms with Gasteiger partial charge in [-0.25, -0.2) is 8.78 Å². The van der Waals surface area contributed by atoms with Crippen LogP contribution in [0.2, 0.25) is 0 Å². The molecule has 0 saturated heterocycles.